The molecule has 0 atom stereocenters. The molecule has 0 bridgehead atoms. The molecule has 0 amide bonds. The van der Waals surface area contributed by atoms with Crippen molar-refractivity contribution in [1.82, 2.24) is 14.9 Å². The number of aryl methyl sites for hydroxylation is 1. The third kappa shape index (κ3) is 3.83. The molecule has 0 fully saturated rings. The zero-order valence-corrected chi connectivity index (χ0v) is 14.9. The maximum atomic E-state index is 5.76. The number of unbranched alkanes of at least 4 members (excludes halogenated alkanes) is 4. The lowest BCUT2D eigenvalue weighted by Gasteiger charge is -2.18. The molecule has 24 heavy (non-hydrogen) atoms. The van der Waals surface area contributed by atoms with Crippen LogP contribution in [0.1, 0.15) is 44.9 Å². The van der Waals surface area contributed by atoms with Crippen LogP contribution in [0.2, 0.25) is 0 Å². The molecule has 132 valence electrons. The van der Waals surface area contributed by atoms with Gasteiger partial charge in [0, 0.05) is 31.6 Å². The number of ether oxygens (including phenoxy) is 2. The van der Waals surface area contributed by atoms with E-state index >= 15 is 0 Å². The first kappa shape index (κ1) is 17.1. The molecule has 2 aromatic rings. The van der Waals surface area contributed by atoms with Gasteiger partial charge >= 0.3 is 0 Å². The molecule has 0 saturated carbocycles. The Morgan fingerprint density at radius 3 is 2.58 bits per heavy atom. The summed E-state index contributed by atoms with van der Waals surface area (Å²) < 4.78 is 13.8. The molecule has 1 aromatic heterocycles. The highest BCUT2D eigenvalue weighted by Crippen LogP contribution is 2.35. The Hall–Kier alpha value is -1.75. The molecule has 1 aromatic carbocycles. The number of rotatable bonds is 9. The van der Waals surface area contributed by atoms with Gasteiger partial charge in [-0.05, 0) is 13.5 Å². The fourth-order valence-corrected chi connectivity index (χ4v) is 3.26. The van der Waals surface area contributed by atoms with E-state index in [4.69, 9.17) is 14.5 Å². The van der Waals surface area contributed by atoms with Gasteiger partial charge in [-0.1, -0.05) is 32.6 Å². The van der Waals surface area contributed by atoms with Gasteiger partial charge in [0.2, 0.25) is 0 Å². The summed E-state index contributed by atoms with van der Waals surface area (Å²) in [5.41, 5.74) is 2.18. The summed E-state index contributed by atoms with van der Waals surface area (Å²) in [5, 5.41) is 3.22. The number of hydrogen-bond acceptors (Lipinski definition) is 4. The maximum Gasteiger partial charge on any atom is 0.163 e. The fourth-order valence-electron chi connectivity index (χ4n) is 3.26. The van der Waals surface area contributed by atoms with Gasteiger partial charge < -0.3 is 19.4 Å². The second-order valence-electron chi connectivity index (χ2n) is 6.43. The minimum Gasteiger partial charge on any atom is -0.486 e. The molecule has 1 aliphatic heterocycles. The van der Waals surface area contributed by atoms with Crippen LogP contribution in [-0.4, -0.2) is 36.4 Å². The minimum atomic E-state index is 0.614. The Morgan fingerprint density at radius 2 is 1.83 bits per heavy atom. The number of fused-ring (bicyclic) bond motifs is 2. The average Bonchev–Trinajstić information content (AvgIpc) is 2.94. The summed E-state index contributed by atoms with van der Waals surface area (Å²) in [4.78, 5) is 4.86. The highest BCUT2D eigenvalue weighted by Gasteiger charge is 2.17. The molecule has 0 aliphatic carbocycles. The van der Waals surface area contributed by atoms with E-state index in [0.29, 0.717) is 13.2 Å². The van der Waals surface area contributed by atoms with Crippen molar-refractivity contribution in [2.75, 3.05) is 26.8 Å². The number of nitrogens with zero attached hydrogens (tertiary/aromatic N) is 2. The summed E-state index contributed by atoms with van der Waals surface area (Å²) in [6.07, 6.45) is 7.35. The van der Waals surface area contributed by atoms with Gasteiger partial charge in [0.25, 0.3) is 0 Å². The quantitative estimate of drug-likeness (QED) is 0.714. The first-order valence-electron chi connectivity index (χ1n) is 9.27. The number of likely N-dealkylation sites (N-methyl/N-ethyl adjacent to an activating group) is 1. The molecule has 2 heterocycles. The summed E-state index contributed by atoms with van der Waals surface area (Å²) in [7, 11) is 1.98. The summed E-state index contributed by atoms with van der Waals surface area (Å²) >= 11 is 0. The van der Waals surface area contributed by atoms with Crippen LogP contribution in [0.3, 0.4) is 0 Å². The van der Waals surface area contributed by atoms with Crippen LogP contribution in [0.15, 0.2) is 12.1 Å². The molecular formula is C19H29N3O2. The lowest BCUT2D eigenvalue weighted by Crippen LogP contribution is -2.15. The number of aromatic nitrogens is 2. The monoisotopic (exact) mass is 331 g/mol. The standard InChI is InChI=1S/C19H29N3O2/c1-3-4-5-6-7-10-22-16-14-18-17(23-11-12-24-18)13-15(16)21-19(22)8-9-20-2/h13-14,20H,3-12H2,1-2H3. The number of benzene rings is 1. The number of imidazole rings is 1. The molecule has 1 aliphatic rings. The number of nitrogens with one attached hydrogen (secondary N) is 1. The Labute approximate surface area is 144 Å². The van der Waals surface area contributed by atoms with E-state index < -0.39 is 0 Å². The Balaban J connectivity index is 1.84. The van der Waals surface area contributed by atoms with Gasteiger partial charge in [0.15, 0.2) is 11.5 Å². The zero-order chi connectivity index (χ0) is 16.8. The Morgan fingerprint density at radius 1 is 1.08 bits per heavy atom. The highest BCUT2D eigenvalue weighted by molar-refractivity contribution is 5.80. The minimum absolute atomic E-state index is 0.614. The van der Waals surface area contributed by atoms with Crippen molar-refractivity contribution in [3.63, 3.8) is 0 Å². The number of hydrogen-bond donors (Lipinski definition) is 1. The van der Waals surface area contributed by atoms with E-state index in [1.54, 1.807) is 0 Å². The molecule has 0 saturated heterocycles. The van der Waals surface area contributed by atoms with Gasteiger partial charge in [-0.2, -0.15) is 0 Å². The topological polar surface area (TPSA) is 48.3 Å². The average molecular weight is 331 g/mol. The second-order valence-corrected chi connectivity index (χ2v) is 6.43. The van der Waals surface area contributed by atoms with E-state index in [1.165, 1.54) is 37.6 Å². The van der Waals surface area contributed by atoms with Crippen LogP contribution in [0.25, 0.3) is 11.0 Å². The van der Waals surface area contributed by atoms with Crippen molar-refractivity contribution < 1.29 is 9.47 Å². The van der Waals surface area contributed by atoms with Crippen molar-refractivity contribution in [3.05, 3.63) is 18.0 Å². The molecule has 1 N–H and O–H groups in total. The van der Waals surface area contributed by atoms with Crippen LogP contribution in [0.5, 0.6) is 11.5 Å². The van der Waals surface area contributed by atoms with Crippen molar-refractivity contribution in [3.8, 4) is 11.5 Å². The zero-order valence-electron chi connectivity index (χ0n) is 14.9. The second kappa shape index (κ2) is 8.38. The van der Waals surface area contributed by atoms with Crippen LogP contribution in [0.4, 0.5) is 0 Å². The van der Waals surface area contributed by atoms with E-state index in [1.807, 2.05) is 13.1 Å². The molecule has 0 spiro atoms. The largest absolute Gasteiger partial charge is 0.486 e. The Kier molecular flexibility index (Phi) is 5.96. The Bertz CT molecular complexity index is 666. The third-order valence-corrected chi connectivity index (χ3v) is 4.58. The SMILES string of the molecule is CCCCCCCn1c(CCNC)nc2cc3c(cc21)OCCO3. The van der Waals surface area contributed by atoms with Crippen LogP contribution < -0.4 is 14.8 Å². The van der Waals surface area contributed by atoms with E-state index in [0.717, 1.165) is 42.4 Å². The molecule has 0 unspecified atom stereocenters. The summed E-state index contributed by atoms with van der Waals surface area (Å²) in [6, 6.07) is 4.13. The van der Waals surface area contributed by atoms with Crippen LogP contribution in [-0.2, 0) is 13.0 Å². The van der Waals surface area contributed by atoms with Crippen molar-refractivity contribution in [2.45, 2.75) is 52.0 Å². The predicted molar refractivity (Wildman–Crippen MR) is 97.1 cm³/mol. The van der Waals surface area contributed by atoms with Crippen molar-refractivity contribution in [2.24, 2.45) is 0 Å². The van der Waals surface area contributed by atoms with E-state index in [2.05, 4.69) is 22.9 Å². The maximum absolute atomic E-state index is 5.76. The van der Waals surface area contributed by atoms with Gasteiger partial charge in [-0.3, -0.25) is 0 Å². The van der Waals surface area contributed by atoms with Gasteiger partial charge in [-0.15, -0.1) is 0 Å². The molecular weight excluding hydrogens is 302 g/mol. The molecule has 3 rings (SSSR count). The smallest absolute Gasteiger partial charge is 0.163 e. The normalized spacial score (nSPS) is 13.6. The van der Waals surface area contributed by atoms with Gasteiger partial charge in [0.05, 0.1) is 11.0 Å². The fraction of sp³-hybridized carbons (Fsp3) is 0.632. The predicted octanol–water partition coefficient (Wildman–Crippen LogP) is 3.54. The summed E-state index contributed by atoms with van der Waals surface area (Å²) in [5.74, 6) is 2.82. The lowest BCUT2D eigenvalue weighted by atomic mass is 10.1. The van der Waals surface area contributed by atoms with Crippen molar-refractivity contribution >= 4 is 11.0 Å². The lowest BCUT2D eigenvalue weighted by molar-refractivity contribution is 0.172. The first-order valence-corrected chi connectivity index (χ1v) is 9.27. The molecule has 5 nitrogen and oxygen atoms in total. The summed E-state index contributed by atoms with van der Waals surface area (Å²) in [6.45, 7) is 5.45. The van der Waals surface area contributed by atoms with E-state index in [9.17, 15) is 0 Å². The van der Waals surface area contributed by atoms with Crippen LogP contribution >= 0.6 is 0 Å². The van der Waals surface area contributed by atoms with Gasteiger partial charge in [0.1, 0.15) is 19.0 Å². The third-order valence-electron chi connectivity index (χ3n) is 4.58. The first-order chi connectivity index (χ1) is 11.8. The molecule has 0 radical (unpaired) electrons. The van der Waals surface area contributed by atoms with Crippen molar-refractivity contribution in [1.29, 1.82) is 0 Å². The molecule has 5 heteroatoms. The van der Waals surface area contributed by atoms with Gasteiger partial charge in [-0.25, -0.2) is 4.98 Å². The van der Waals surface area contributed by atoms with Crippen LogP contribution in [0, 0.1) is 0 Å². The highest BCUT2D eigenvalue weighted by atomic mass is 16.6. The van der Waals surface area contributed by atoms with E-state index in [-0.39, 0.29) is 0 Å².